The van der Waals surface area contributed by atoms with Crippen LogP contribution in [0.25, 0.3) is 0 Å². The molecular formula is C31H35Cl2F3N6O2S. The maximum absolute atomic E-state index is 13.3. The summed E-state index contributed by atoms with van der Waals surface area (Å²) in [5.74, 6) is -0.819. The molecule has 3 aromatic carbocycles. The van der Waals surface area contributed by atoms with Gasteiger partial charge in [-0.05, 0) is 61.0 Å². The Bertz CT molecular complexity index is 1470. The van der Waals surface area contributed by atoms with Crippen LogP contribution in [-0.2, 0) is 17.4 Å². The summed E-state index contributed by atoms with van der Waals surface area (Å²) in [5.41, 5.74) is 6.54. The number of carbonyl (C=O) groups is 1. The van der Waals surface area contributed by atoms with E-state index in [2.05, 4.69) is 15.1 Å². The molecule has 2 heterocycles. The number of anilines is 2. The highest BCUT2D eigenvalue weighted by molar-refractivity contribution is 7.99. The second-order valence-electron chi connectivity index (χ2n) is 10.5. The van der Waals surface area contributed by atoms with E-state index in [0.29, 0.717) is 34.4 Å². The van der Waals surface area contributed by atoms with Crippen LogP contribution in [0.5, 0.6) is 0 Å². The van der Waals surface area contributed by atoms with Gasteiger partial charge in [-0.25, -0.2) is 0 Å². The van der Waals surface area contributed by atoms with Crippen LogP contribution in [0.4, 0.5) is 24.5 Å². The molecule has 0 atom stereocenters. The number of hydrogen-bond donors (Lipinski definition) is 4. The summed E-state index contributed by atoms with van der Waals surface area (Å²) in [6, 6.07) is 16.9. The first-order valence-electron chi connectivity index (χ1n) is 14.3. The van der Waals surface area contributed by atoms with Crippen LogP contribution in [0.2, 0.25) is 10.0 Å². The molecule has 1 amide bonds. The lowest BCUT2D eigenvalue weighted by Gasteiger charge is -2.36. The van der Waals surface area contributed by atoms with E-state index in [1.54, 1.807) is 24.3 Å². The van der Waals surface area contributed by atoms with Gasteiger partial charge in [0.2, 0.25) is 5.91 Å². The zero-order chi connectivity index (χ0) is 32.6. The molecule has 1 fully saturated rings. The molecule has 0 saturated carbocycles. The summed E-state index contributed by atoms with van der Waals surface area (Å²) >= 11 is 13.2. The minimum atomic E-state index is -4.35. The van der Waals surface area contributed by atoms with Crippen molar-refractivity contribution < 1.29 is 23.1 Å². The summed E-state index contributed by atoms with van der Waals surface area (Å²) in [6.45, 7) is 6.29. The number of fused-ring (bicyclic) bond motifs is 2. The fourth-order valence-electron chi connectivity index (χ4n) is 5.13. The van der Waals surface area contributed by atoms with E-state index in [1.807, 2.05) is 29.2 Å². The molecule has 0 radical (unpaired) electrons. The van der Waals surface area contributed by atoms with E-state index >= 15 is 0 Å². The maximum atomic E-state index is 13.3. The van der Waals surface area contributed by atoms with Crippen molar-refractivity contribution in [3.8, 4) is 0 Å². The minimum Gasteiger partial charge on any atom is -0.395 e. The molecule has 5 rings (SSSR count). The average Bonchev–Trinajstić information content (AvgIpc) is 2.99. The number of alkyl halides is 3. The van der Waals surface area contributed by atoms with Crippen LogP contribution in [-0.4, -0.2) is 79.2 Å². The van der Waals surface area contributed by atoms with Crippen molar-refractivity contribution in [3.05, 3.63) is 81.8 Å². The van der Waals surface area contributed by atoms with Gasteiger partial charge in [-0.1, -0.05) is 53.2 Å². The Balaban J connectivity index is 0.000000259. The number of nitrogens with two attached hydrogens (primary N) is 1. The molecule has 0 aromatic heterocycles. The topological polar surface area (TPSA) is 109 Å². The number of halogens is 5. The SMILES string of the molecule is N=C(N)NC(=O)Cc1c(Cl)cccc1Cl.OCCN1CCN(CCCN2c3ccccc3Sc3ccc(C(F)(F)F)cc32)CC1. The quantitative estimate of drug-likeness (QED) is 0.174. The van der Waals surface area contributed by atoms with Crippen LogP contribution in [0.15, 0.2) is 70.5 Å². The number of benzene rings is 3. The molecule has 45 heavy (non-hydrogen) atoms. The van der Waals surface area contributed by atoms with Crippen molar-refractivity contribution in [2.75, 3.05) is 57.3 Å². The lowest BCUT2D eigenvalue weighted by atomic mass is 10.1. The van der Waals surface area contributed by atoms with E-state index in [4.69, 9.17) is 39.5 Å². The van der Waals surface area contributed by atoms with Crippen LogP contribution in [0.1, 0.15) is 17.5 Å². The van der Waals surface area contributed by atoms with Gasteiger partial charge in [0.25, 0.3) is 0 Å². The molecule has 8 nitrogen and oxygen atoms in total. The van der Waals surface area contributed by atoms with Crippen molar-refractivity contribution in [1.82, 2.24) is 15.1 Å². The fraction of sp³-hybridized carbons (Fsp3) is 0.355. The minimum absolute atomic E-state index is 0.00190. The molecule has 0 unspecified atom stereocenters. The summed E-state index contributed by atoms with van der Waals surface area (Å²) in [4.78, 5) is 19.9. The molecule has 0 spiro atoms. The van der Waals surface area contributed by atoms with Crippen LogP contribution < -0.4 is 16.0 Å². The average molecular weight is 684 g/mol. The monoisotopic (exact) mass is 682 g/mol. The van der Waals surface area contributed by atoms with Crippen molar-refractivity contribution in [3.63, 3.8) is 0 Å². The number of carbonyl (C=O) groups excluding carboxylic acids is 1. The standard InChI is InChI=1S/C22H26F3N3OS.C9H9Cl2N3O/c23-22(24,25)17-6-7-21-19(16-17)28(18-4-1-2-5-20(18)30-21)9-3-8-26-10-12-27(13-11-26)14-15-29;10-6-2-1-3-7(11)5(6)4-8(15)14-9(12)13/h1-2,4-7,16,29H,3,8-15H2;1-3H,4H2,(H4,12,13,14,15). The molecule has 2 aliphatic rings. The third kappa shape index (κ3) is 9.74. The molecule has 0 aliphatic carbocycles. The zero-order valence-corrected chi connectivity index (χ0v) is 26.7. The number of aliphatic hydroxyl groups is 1. The number of amides is 1. The first-order chi connectivity index (χ1) is 21.5. The Kier molecular flexibility index (Phi) is 12.4. The third-order valence-corrected chi connectivity index (χ3v) is 9.20. The second-order valence-corrected chi connectivity index (χ2v) is 12.4. The van der Waals surface area contributed by atoms with Crippen molar-refractivity contribution in [1.29, 1.82) is 5.41 Å². The Morgan fingerprint density at radius 3 is 2.16 bits per heavy atom. The summed E-state index contributed by atoms with van der Waals surface area (Å²) in [5, 5.41) is 18.9. The van der Waals surface area contributed by atoms with Gasteiger partial charge in [0, 0.05) is 59.1 Å². The smallest absolute Gasteiger partial charge is 0.395 e. The highest BCUT2D eigenvalue weighted by atomic mass is 35.5. The lowest BCUT2D eigenvalue weighted by molar-refractivity contribution is -0.137. The predicted molar refractivity (Wildman–Crippen MR) is 174 cm³/mol. The van der Waals surface area contributed by atoms with Crippen molar-refractivity contribution >= 4 is 58.2 Å². The van der Waals surface area contributed by atoms with Crippen molar-refractivity contribution in [2.24, 2.45) is 5.73 Å². The lowest BCUT2D eigenvalue weighted by Crippen LogP contribution is -2.47. The van der Waals surface area contributed by atoms with E-state index < -0.39 is 23.6 Å². The normalized spacial score (nSPS) is 15.0. The van der Waals surface area contributed by atoms with Gasteiger partial charge in [0.1, 0.15) is 0 Å². The highest BCUT2D eigenvalue weighted by Gasteiger charge is 2.33. The van der Waals surface area contributed by atoms with E-state index in [0.717, 1.165) is 54.6 Å². The van der Waals surface area contributed by atoms with Gasteiger partial charge in [-0.15, -0.1) is 0 Å². The molecule has 2 aliphatic heterocycles. The number of aliphatic hydroxyl groups excluding tert-OH is 1. The van der Waals surface area contributed by atoms with Gasteiger partial charge in [0.05, 0.1) is 30.0 Å². The van der Waals surface area contributed by atoms with E-state index in [1.165, 1.54) is 23.9 Å². The van der Waals surface area contributed by atoms with Gasteiger partial charge in [-0.3, -0.25) is 20.4 Å². The second kappa shape index (κ2) is 16.0. The van der Waals surface area contributed by atoms with Crippen molar-refractivity contribution in [2.45, 2.75) is 28.8 Å². The van der Waals surface area contributed by atoms with E-state index in [9.17, 15) is 18.0 Å². The van der Waals surface area contributed by atoms with Crippen LogP contribution in [0.3, 0.4) is 0 Å². The Morgan fingerprint density at radius 2 is 1.53 bits per heavy atom. The molecule has 5 N–H and O–H groups in total. The summed E-state index contributed by atoms with van der Waals surface area (Å²) in [6.07, 6.45) is -3.48. The van der Waals surface area contributed by atoms with Crippen LogP contribution >= 0.6 is 35.0 Å². The van der Waals surface area contributed by atoms with Crippen LogP contribution in [0, 0.1) is 5.41 Å². The Morgan fingerprint density at radius 1 is 0.911 bits per heavy atom. The molecule has 1 saturated heterocycles. The number of nitrogens with zero attached hydrogens (tertiary/aromatic N) is 3. The maximum Gasteiger partial charge on any atom is 0.416 e. The number of nitrogens with one attached hydrogen (secondary N) is 2. The number of rotatable bonds is 8. The fourth-order valence-corrected chi connectivity index (χ4v) is 6.74. The van der Waals surface area contributed by atoms with Gasteiger partial charge in [-0.2, -0.15) is 13.2 Å². The molecule has 3 aromatic rings. The first-order valence-corrected chi connectivity index (χ1v) is 15.9. The third-order valence-electron chi connectivity index (χ3n) is 7.36. The molecular weight excluding hydrogens is 648 g/mol. The Labute approximate surface area is 274 Å². The highest BCUT2D eigenvalue weighted by Crippen LogP contribution is 2.49. The zero-order valence-electron chi connectivity index (χ0n) is 24.4. The number of piperazine rings is 1. The molecule has 14 heteroatoms. The number of para-hydroxylation sites is 1. The number of guanidine groups is 1. The predicted octanol–water partition coefficient (Wildman–Crippen LogP) is 5.85. The largest absolute Gasteiger partial charge is 0.416 e. The van der Waals surface area contributed by atoms with E-state index in [-0.39, 0.29) is 13.0 Å². The summed E-state index contributed by atoms with van der Waals surface area (Å²) < 4.78 is 39.9. The van der Waals surface area contributed by atoms with Gasteiger partial charge >= 0.3 is 6.18 Å². The van der Waals surface area contributed by atoms with Gasteiger partial charge < -0.3 is 20.6 Å². The first kappa shape index (κ1) is 34.9. The molecule has 242 valence electrons. The summed E-state index contributed by atoms with van der Waals surface area (Å²) in [7, 11) is 0. The number of hydrogen-bond acceptors (Lipinski definition) is 7. The Hall–Kier alpha value is -3.00. The number of β-amino-alcohol motifs (C(OH)–C–C–N with tert-alkyl or cyclic N) is 1. The van der Waals surface area contributed by atoms with Gasteiger partial charge in [0.15, 0.2) is 5.96 Å². The molecule has 0 bridgehead atoms.